The quantitative estimate of drug-likeness (QED) is 0.726. The van der Waals surface area contributed by atoms with E-state index in [4.69, 9.17) is 9.47 Å². The van der Waals surface area contributed by atoms with Gasteiger partial charge in [0.25, 0.3) is 5.91 Å². The molecule has 2 heterocycles. The van der Waals surface area contributed by atoms with E-state index in [1.807, 2.05) is 18.2 Å². The van der Waals surface area contributed by atoms with Crippen molar-refractivity contribution in [3.8, 4) is 5.75 Å². The fourth-order valence-corrected chi connectivity index (χ4v) is 4.12. The van der Waals surface area contributed by atoms with Crippen LogP contribution in [-0.4, -0.2) is 60.9 Å². The second-order valence-electron chi connectivity index (χ2n) is 7.40. The Kier molecular flexibility index (Phi) is 5.81. The highest BCUT2D eigenvalue weighted by Gasteiger charge is 2.48. The Morgan fingerprint density at radius 3 is 2.30 bits per heavy atom. The SMILES string of the molecule is COc1ccc([C@@H]2[C@@H](C(=O)N3CCOCC3)CC(=O)N2C(=O)c2ccccc2)cc1. The zero-order chi connectivity index (χ0) is 21.1. The summed E-state index contributed by atoms with van der Waals surface area (Å²) in [7, 11) is 1.57. The highest BCUT2D eigenvalue weighted by Crippen LogP contribution is 2.40. The molecule has 0 aromatic heterocycles. The number of carbonyl (C=O) groups excluding carboxylic acids is 3. The zero-order valence-corrected chi connectivity index (χ0v) is 16.8. The lowest BCUT2D eigenvalue weighted by molar-refractivity contribution is -0.140. The molecule has 0 saturated carbocycles. The van der Waals surface area contributed by atoms with Crippen molar-refractivity contribution in [2.45, 2.75) is 12.5 Å². The minimum Gasteiger partial charge on any atom is -0.497 e. The van der Waals surface area contributed by atoms with Crippen LogP contribution in [0.1, 0.15) is 28.4 Å². The van der Waals surface area contributed by atoms with E-state index in [1.165, 1.54) is 4.90 Å². The average Bonchev–Trinajstić information content (AvgIpc) is 3.16. The molecule has 3 amide bonds. The normalized spacial score (nSPS) is 21.6. The number of morpholine rings is 1. The first-order valence-electron chi connectivity index (χ1n) is 10.0. The number of nitrogens with zero attached hydrogens (tertiary/aromatic N) is 2. The van der Waals surface area contributed by atoms with E-state index in [2.05, 4.69) is 0 Å². The molecule has 156 valence electrons. The standard InChI is InChI=1S/C23H24N2O5/c1-29-18-9-7-16(8-10-18)21-19(23(28)24-11-13-30-14-12-24)15-20(26)25(21)22(27)17-5-3-2-4-6-17/h2-10,19,21H,11-15H2,1H3/t19-,21+/m0/s1. The van der Waals surface area contributed by atoms with Crippen LogP contribution >= 0.6 is 0 Å². The maximum atomic E-state index is 13.3. The summed E-state index contributed by atoms with van der Waals surface area (Å²) >= 11 is 0. The highest BCUT2D eigenvalue weighted by atomic mass is 16.5. The number of ether oxygens (including phenoxy) is 2. The van der Waals surface area contributed by atoms with Crippen molar-refractivity contribution in [2.24, 2.45) is 5.92 Å². The summed E-state index contributed by atoms with van der Waals surface area (Å²) in [4.78, 5) is 42.5. The van der Waals surface area contributed by atoms with Crippen LogP contribution in [0.15, 0.2) is 54.6 Å². The second-order valence-corrected chi connectivity index (χ2v) is 7.40. The lowest BCUT2D eigenvalue weighted by Gasteiger charge is -2.32. The van der Waals surface area contributed by atoms with E-state index in [0.29, 0.717) is 37.6 Å². The van der Waals surface area contributed by atoms with Gasteiger partial charge in [-0.15, -0.1) is 0 Å². The van der Waals surface area contributed by atoms with Crippen LogP contribution in [0, 0.1) is 5.92 Å². The van der Waals surface area contributed by atoms with Gasteiger partial charge in [-0.2, -0.15) is 0 Å². The molecule has 7 nitrogen and oxygen atoms in total. The summed E-state index contributed by atoms with van der Waals surface area (Å²) in [6.45, 7) is 1.94. The largest absolute Gasteiger partial charge is 0.497 e. The number of benzene rings is 2. The molecule has 0 unspecified atom stereocenters. The Balaban J connectivity index is 1.71. The molecule has 0 aliphatic carbocycles. The third-order valence-corrected chi connectivity index (χ3v) is 5.66. The van der Waals surface area contributed by atoms with Crippen molar-refractivity contribution < 1.29 is 23.9 Å². The minimum atomic E-state index is -0.661. The van der Waals surface area contributed by atoms with Gasteiger partial charge < -0.3 is 14.4 Å². The Bertz CT molecular complexity index is 922. The van der Waals surface area contributed by atoms with Crippen molar-refractivity contribution in [1.82, 2.24) is 9.80 Å². The Morgan fingerprint density at radius 2 is 1.67 bits per heavy atom. The van der Waals surface area contributed by atoms with Gasteiger partial charge in [-0.1, -0.05) is 30.3 Å². The van der Waals surface area contributed by atoms with E-state index in [9.17, 15) is 14.4 Å². The predicted molar refractivity (Wildman–Crippen MR) is 109 cm³/mol. The zero-order valence-electron chi connectivity index (χ0n) is 16.8. The van der Waals surface area contributed by atoms with Gasteiger partial charge in [-0.3, -0.25) is 19.3 Å². The molecular weight excluding hydrogens is 384 g/mol. The predicted octanol–water partition coefficient (Wildman–Crippen LogP) is 2.28. The molecule has 2 fully saturated rings. The molecule has 2 aromatic carbocycles. The van der Waals surface area contributed by atoms with Gasteiger partial charge in [0.15, 0.2) is 0 Å². The van der Waals surface area contributed by atoms with E-state index in [1.54, 1.807) is 48.4 Å². The Hall–Kier alpha value is -3.19. The highest BCUT2D eigenvalue weighted by molar-refractivity contribution is 6.08. The van der Waals surface area contributed by atoms with E-state index >= 15 is 0 Å². The van der Waals surface area contributed by atoms with Crippen molar-refractivity contribution in [1.29, 1.82) is 0 Å². The number of amides is 3. The van der Waals surface area contributed by atoms with E-state index in [-0.39, 0.29) is 18.2 Å². The number of hydrogen-bond acceptors (Lipinski definition) is 5. The van der Waals surface area contributed by atoms with Gasteiger partial charge in [0, 0.05) is 25.1 Å². The third kappa shape index (κ3) is 3.80. The first-order chi connectivity index (χ1) is 14.6. The molecule has 2 saturated heterocycles. The van der Waals surface area contributed by atoms with Gasteiger partial charge in [-0.25, -0.2) is 0 Å². The molecular formula is C23H24N2O5. The molecule has 2 aliphatic heterocycles. The number of likely N-dealkylation sites (tertiary alicyclic amines) is 1. The molecule has 7 heteroatoms. The second kappa shape index (κ2) is 8.67. The van der Waals surface area contributed by atoms with Crippen LogP contribution < -0.4 is 4.74 Å². The monoisotopic (exact) mass is 408 g/mol. The van der Waals surface area contributed by atoms with Crippen LogP contribution in [0.2, 0.25) is 0 Å². The molecule has 2 aromatic rings. The fourth-order valence-electron chi connectivity index (χ4n) is 4.12. The summed E-state index contributed by atoms with van der Waals surface area (Å²) in [6.07, 6.45) is 0.00542. The number of rotatable bonds is 4. The van der Waals surface area contributed by atoms with Crippen LogP contribution in [0.4, 0.5) is 0 Å². The van der Waals surface area contributed by atoms with Crippen LogP contribution in [0.3, 0.4) is 0 Å². The summed E-state index contributed by atoms with van der Waals surface area (Å²) in [6, 6.07) is 15.2. The van der Waals surface area contributed by atoms with E-state index in [0.717, 1.165) is 5.56 Å². The lowest BCUT2D eigenvalue weighted by Crippen LogP contribution is -2.45. The molecule has 4 rings (SSSR count). The minimum absolute atomic E-state index is 0.00542. The lowest BCUT2D eigenvalue weighted by atomic mass is 9.91. The summed E-state index contributed by atoms with van der Waals surface area (Å²) in [5.41, 5.74) is 1.15. The molecule has 0 N–H and O–H groups in total. The number of imide groups is 1. The first-order valence-corrected chi connectivity index (χ1v) is 10.0. The van der Waals surface area contributed by atoms with Gasteiger partial charge in [0.2, 0.25) is 11.8 Å². The van der Waals surface area contributed by atoms with Crippen molar-refractivity contribution in [3.63, 3.8) is 0 Å². The maximum absolute atomic E-state index is 13.3. The van der Waals surface area contributed by atoms with Gasteiger partial charge in [0.1, 0.15) is 5.75 Å². The fraction of sp³-hybridized carbons (Fsp3) is 0.348. The average molecular weight is 408 g/mol. The van der Waals surface area contributed by atoms with Gasteiger partial charge in [-0.05, 0) is 29.8 Å². The van der Waals surface area contributed by atoms with Crippen LogP contribution in [0.25, 0.3) is 0 Å². The molecule has 2 aliphatic rings. The topological polar surface area (TPSA) is 76.2 Å². The van der Waals surface area contributed by atoms with Crippen LogP contribution in [0.5, 0.6) is 5.75 Å². The molecule has 2 atom stereocenters. The van der Waals surface area contributed by atoms with Crippen molar-refractivity contribution in [3.05, 3.63) is 65.7 Å². The molecule has 0 spiro atoms. The van der Waals surface area contributed by atoms with Gasteiger partial charge >= 0.3 is 0 Å². The third-order valence-electron chi connectivity index (χ3n) is 5.66. The molecule has 0 radical (unpaired) electrons. The Morgan fingerprint density at radius 1 is 1.00 bits per heavy atom. The number of carbonyl (C=O) groups is 3. The maximum Gasteiger partial charge on any atom is 0.261 e. The summed E-state index contributed by atoms with van der Waals surface area (Å²) in [5.74, 6) is -0.803. The molecule has 0 bridgehead atoms. The van der Waals surface area contributed by atoms with Crippen molar-refractivity contribution >= 4 is 17.7 Å². The first kappa shape index (κ1) is 20.1. The number of methoxy groups -OCH3 is 1. The van der Waals surface area contributed by atoms with Gasteiger partial charge in [0.05, 0.1) is 32.3 Å². The van der Waals surface area contributed by atoms with Crippen molar-refractivity contribution in [2.75, 3.05) is 33.4 Å². The summed E-state index contributed by atoms with van der Waals surface area (Å²) in [5, 5.41) is 0. The Labute approximate surface area is 175 Å². The smallest absolute Gasteiger partial charge is 0.261 e. The van der Waals surface area contributed by atoms with Crippen LogP contribution in [-0.2, 0) is 14.3 Å². The number of hydrogen-bond donors (Lipinski definition) is 0. The summed E-state index contributed by atoms with van der Waals surface area (Å²) < 4.78 is 10.6. The van der Waals surface area contributed by atoms with E-state index < -0.39 is 17.9 Å². The molecule has 30 heavy (non-hydrogen) atoms.